The number of rotatable bonds is 12. The molecule has 3 aromatic rings. The molecule has 11 heteroatoms. The topological polar surface area (TPSA) is 91.3 Å². The van der Waals surface area contributed by atoms with Gasteiger partial charge < -0.3 is 14.4 Å². The molecule has 0 spiro atoms. The summed E-state index contributed by atoms with van der Waals surface area (Å²) < 4.78 is 40.4. The van der Waals surface area contributed by atoms with Gasteiger partial charge in [-0.15, -0.1) is 0 Å². The third-order valence-electron chi connectivity index (χ3n) is 9.72. The summed E-state index contributed by atoms with van der Waals surface area (Å²) in [4.78, 5) is 16.7. The summed E-state index contributed by atoms with van der Waals surface area (Å²) in [5.74, 6) is 1.50. The van der Waals surface area contributed by atoms with E-state index in [1.807, 2.05) is 19.9 Å². The average molecular weight is 633 g/mol. The summed E-state index contributed by atoms with van der Waals surface area (Å²) in [7, 11) is -2.11. The minimum absolute atomic E-state index is 0.00100. The van der Waals surface area contributed by atoms with Crippen molar-refractivity contribution in [3.63, 3.8) is 0 Å². The van der Waals surface area contributed by atoms with Gasteiger partial charge in [0.1, 0.15) is 18.2 Å². The number of hydrogen-bond acceptors (Lipinski definition) is 9. The van der Waals surface area contributed by atoms with Crippen LogP contribution in [0.25, 0.3) is 0 Å². The van der Waals surface area contributed by atoms with Gasteiger partial charge in [0, 0.05) is 57.5 Å². The summed E-state index contributed by atoms with van der Waals surface area (Å²) in [5.41, 5.74) is 5.79. The van der Waals surface area contributed by atoms with Crippen LogP contribution in [0.3, 0.4) is 0 Å². The highest BCUT2D eigenvalue weighted by Crippen LogP contribution is 2.35. The van der Waals surface area contributed by atoms with E-state index in [-0.39, 0.29) is 25.2 Å². The first-order valence-electron chi connectivity index (χ1n) is 16.2. The van der Waals surface area contributed by atoms with Crippen LogP contribution in [-0.4, -0.2) is 97.6 Å². The van der Waals surface area contributed by atoms with Crippen LogP contribution in [0, 0.1) is 13.8 Å². The number of anilines is 1. The number of methoxy groups -OCH3 is 1. The molecule has 0 N–H and O–H groups in total. The number of aromatic nitrogens is 2. The first-order valence-corrected chi connectivity index (χ1v) is 17.7. The third-order valence-corrected chi connectivity index (χ3v) is 12.0. The summed E-state index contributed by atoms with van der Waals surface area (Å²) in [6.45, 7) is 11.6. The van der Waals surface area contributed by atoms with Crippen LogP contribution in [0.1, 0.15) is 47.1 Å². The van der Waals surface area contributed by atoms with E-state index in [9.17, 15) is 8.42 Å². The van der Waals surface area contributed by atoms with E-state index in [2.05, 4.69) is 42.9 Å². The zero-order valence-corrected chi connectivity index (χ0v) is 27.4. The lowest BCUT2D eigenvalue weighted by molar-refractivity contribution is 0.149. The predicted molar refractivity (Wildman–Crippen MR) is 173 cm³/mol. The lowest BCUT2D eigenvalue weighted by atomic mass is 9.94. The smallest absolute Gasteiger partial charge is 0.318 e. The number of likely N-dealkylation sites (tertiary alicyclic amines) is 1. The average Bonchev–Trinajstić information content (AvgIpc) is 3.81. The van der Waals surface area contributed by atoms with Crippen molar-refractivity contribution >= 4 is 15.8 Å². The lowest BCUT2D eigenvalue weighted by Gasteiger charge is -2.47. The first-order chi connectivity index (χ1) is 21.8. The second kappa shape index (κ2) is 12.5. The number of fused-ring (bicyclic) bond motifs is 1. The molecule has 10 nitrogen and oxygen atoms in total. The molecule has 1 aromatic heterocycles. The second-order valence-corrected chi connectivity index (χ2v) is 14.8. The van der Waals surface area contributed by atoms with E-state index in [0.717, 1.165) is 57.8 Å². The van der Waals surface area contributed by atoms with E-state index >= 15 is 0 Å². The van der Waals surface area contributed by atoms with Crippen molar-refractivity contribution in [2.45, 2.75) is 69.6 Å². The molecular formula is C34H44N6O4S. The van der Waals surface area contributed by atoms with Gasteiger partial charge in [-0.1, -0.05) is 18.2 Å². The van der Waals surface area contributed by atoms with Gasteiger partial charge >= 0.3 is 6.01 Å². The Morgan fingerprint density at radius 1 is 1.00 bits per heavy atom. The molecule has 3 aliphatic heterocycles. The molecule has 0 atom stereocenters. The van der Waals surface area contributed by atoms with E-state index in [0.29, 0.717) is 27.8 Å². The number of aryl methyl sites for hydroxylation is 2. The Morgan fingerprint density at radius 3 is 2.47 bits per heavy atom. The van der Waals surface area contributed by atoms with E-state index in [4.69, 9.17) is 9.47 Å². The van der Waals surface area contributed by atoms with Crippen molar-refractivity contribution < 1.29 is 17.9 Å². The third kappa shape index (κ3) is 6.40. The molecule has 4 aliphatic rings. The van der Waals surface area contributed by atoms with Crippen LogP contribution in [0.4, 0.5) is 5.82 Å². The monoisotopic (exact) mass is 632 g/mol. The Hall–Kier alpha value is -3.25. The molecule has 2 aromatic carbocycles. The molecule has 4 heterocycles. The van der Waals surface area contributed by atoms with E-state index < -0.39 is 10.0 Å². The number of hydrogen-bond donors (Lipinski definition) is 0. The van der Waals surface area contributed by atoms with Gasteiger partial charge in [0.05, 0.1) is 12.0 Å². The zero-order chi connectivity index (χ0) is 31.1. The molecule has 240 valence electrons. The molecule has 0 unspecified atom stereocenters. The highest BCUT2D eigenvalue weighted by Gasteiger charge is 2.39. The van der Waals surface area contributed by atoms with Crippen LogP contribution >= 0.6 is 0 Å². The second-order valence-electron chi connectivity index (χ2n) is 13.0. The van der Waals surface area contributed by atoms with Crippen molar-refractivity contribution in [2.75, 3.05) is 57.9 Å². The molecule has 2 saturated heterocycles. The normalized spacial score (nSPS) is 19.2. The molecule has 45 heavy (non-hydrogen) atoms. The quantitative estimate of drug-likeness (QED) is 0.296. The molecular weight excluding hydrogens is 588 g/mol. The Kier molecular flexibility index (Phi) is 8.45. The number of ether oxygens (including phenoxy) is 2. The summed E-state index contributed by atoms with van der Waals surface area (Å²) in [6, 6.07) is 13.3. The number of benzene rings is 2. The Labute approximate surface area is 267 Å². The fourth-order valence-electron chi connectivity index (χ4n) is 6.93. The van der Waals surface area contributed by atoms with E-state index in [1.54, 1.807) is 29.7 Å². The summed E-state index contributed by atoms with van der Waals surface area (Å²) in [5, 5.41) is 0. The maximum Gasteiger partial charge on any atom is 0.318 e. The van der Waals surface area contributed by atoms with Crippen molar-refractivity contribution in [1.29, 1.82) is 0 Å². The van der Waals surface area contributed by atoms with Crippen molar-refractivity contribution in [3.05, 3.63) is 70.4 Å². The van der Waals surface area contributed by atoms with Gasteiger partial charge in [-0.3, -0.25) is 9.80 Å². The van der Waals surface area contributed by atoms with Crippen molar-refractivity contribution in [1.82, 2.24) is 24.1 Å². The maximum atomic E-state index is 13.8. The van der Waals surface area contributed by atoms with Crippen LogP contribution in [0.2, 0.25) is 0 Å². The lowest BCUT2D eigenvalue weighted by Crippen LogP contribution is -2.60. The highest BCUT2D eigenvalue weighted by molar-refractivity contribution is 7.89. The molecule has 0 bridgehead atoms. The van der Waals surface area contributed by atoms with Gasteiger partial charge in [-0.25, -0.2) is 13.4 Å². The first kappa shape index (κ1) is 30.4. The number of nitrogens with zero attached hydrogens (tertiary/aromatic N) is 6. The van der Waals surface area contributed by atoms with Gasteiger partial charge in [0.2, 0.25) is 10.0 Å². The maximum absolute atomic E-state index is 13.8. The standard InChI is InChI=1S/C34H44N6O4S/c1-24-17-31(43-3)18-25(2)33(24)45(41,42)40(29-7-8-29)15-16-44-34-35-11-9-32(36-34)39-22-30(23-39)38-14-10-27-19-26(5-6-28(27)21-38)20-37-12-4-13-37/h5-6,9,11,17-19,29-30H,4,7-8,10,12-16,20-23H2,1-3H3. The SMILES string of the molecule is COc1cc(C)c(S(=O)(=O)N(CCOc2nccc(N3CC(N4CCc5cc(CN6CCC6)ccc5C4)C3)n2)C2CC2)c(C)c1. The number of sulfonamides is 1. The Bertz CT molecular complexity index is 1630. The zero-order valence-electron chi connectivity index (χ0n) is 26.6. The minimum Gasteiger partial charge on any atom is -0.497 e. The van der Waals surface area contributed by atoms with Gasteiger partial charge in [-0.2, -0.15) is 9.29 Å². The highest BCUT2D eigenvalue weighted by atomic mass is 32.2. The molecule has 3 fully saturated rings. The summed E-state index contributed by atoms with van der Waals surface area (Å²) in [6.07, 6.45) is 5.88. The Balaban J connectivity index is 0.929. The molecule has 7 rings (SSSR count). The summed E-state index contributed by atoms with van der Waals surface area (Å²) >= 11 is 0. The van der Waals surface area contributed by atoms with Gasteiger partial charge in [0.15, 0.2) is 0 Å². The fourth-order valence-corrected chi connectivity index (χ4v) is 9.01. The van der Waals surface area contributed by atoms with E-state index in [1.165, 1.54) is 36.2 Å². The predicted octanol–water partition coefficient (Wildman–Crippen LogP) is 3.79. The van der Waals surface area contributed by atoms with Crippen molar-refractivity contribution in [3.8, 4) is 11.8 Å². The molecule has 0 amide bonds. The van der Waals surface area contributed by atoms with Crippen LogP contribution in [0.5, 0.6) is 11.8 Å². The largest absolute Gasteiger partial charge is 0.497 e. The molecule has 0 radical (unpaired) electrons. The molecule has 1 aliphatic carbocycles. The van der Waals surface area contributed by atoms with Gasteiger partial charge in [0.25, 0.3) is 0 Å². The minimum atomic E-state index is -3.69. The Morgan fingerprint density at radius 2 is 1.78 bits per heavy atom. The van der Waals surface area contributed by atoms with Crippen molar-refractivity contribution in [2.24, 2.45) is 0 Å². The van der Waals surface area contributed by atoms with Crippen LogP contribution in [-0.2, 0) is 29.5 Å². The van der Waals surface area contributed by atoms with Crippen LogP contribution < -0.4 is 14.4 Å². The molecule has 1 saturated carbocycles. The van der Waals surface area contributed by atoms with Crippen LogP contribution in [0.15, 0.2) is 47.5 Å². The fraction of sp³-hybridized carbons (Fsp3) is 0.529. The van der Waals surface area contributed by atoms with Gasteiger partial charge in [-0.05, 0) is 98.6 Å².